The number of hydrogen-bond donors (Lipinski definition) is 1. The third-order valence-corrected chi connectivity index (χ3v) is 1.87. The van der Waals surface area contributed by atoms with Crippen LogP contribution in [0.25, 0.3) is 0 Å². The van der Waals surface area contributed by atoms with E-state index >= 15 is 0 Å². The maximum Gasteiger partial charge on any atom is 0.186 e. The van der Waals surface area contributed by atoms with Crippen molar-refractivity contribution < 1.29 is 9.84 Å². The van der Waals surface area contributed by atoms with E-state index in [4.69, 9.17) is 9.84 Å². The molecule has 0 unspecified atom stereocenters. The van der Waals surface area contributed by atoms with Crippen molar-refractivity contribution in [3.8, 4) is 5.75 Å². The quantitative estimate of drug-likeness (QED) is 0.695. The highest BCUT2D eigenvalue weighted by molar-refractivity contribution is 5.36. The zero-order valence-corrected chi connectivity index (χ0v) is 7.50. The lowest BCUT2D eigenvalue weighted by molar-refractivity contribution is 0.0978. The molecular weight excluding hydrogens is 152 g/mol. The van der Waals surface area contributed by atoms with E-state index in [1.54, 1.807) is 0 Å². The first-order valence-corrected chi connectivity index (χ1v) is 4.11. The van der Waals surface area contributed by atoms with E-state index in [-0.39, 0.29) is 6.79 Å². The molecule has 2 heteroatoms. The summed E-state index contributed by atoms with van der Waals surface area (Å²) < 4.78 is 4.99. The van der Waals surface area contributed by atoms with Gasteiger partial charge in [0.05, 0.1) is 0 Å². The molecule has 0 amide bonds. The lowest BCUT2D eigenvalue weighted by atomic mass is 10.1. The predicted molar refractivity (Wildman–Crippen MR) is 48.3 cm³/mol. The van der Waals surface area contributed by atoms with Crippen LogP contribution in [0.5, 0.6) is 5.75 Å². The summed E-state index contributed by atoms with van der Waals surface area (Å²) in [6, 6.07) is 5.98. The number of aryl methyl sites for hydroxylation is 2. The molecule has 2 nitrogen and oxygen atoms in total. The van der Waals surface area contributed by atoms with Crippen LogP contribution in [-0.2, 0) is 6.42 Å². The Morgan fingerprint density at radius 2 is 2.17 bits per heavy atom. The highest BCUT2D eigenvalue weighted by atomic mass is 16.6. The molecule has 0 fully saturated rings. The highest BCUT2D eigenvalue weighted by Crippen LogP contribution is 2.18. The Balaban J connectivity index is 2.87. The fourth-order valence-corrected chi connectivity index (χ4v) is 1.16. The smallest absolute Gasteiger partial charge is 0.186 e. The van der Waals surface area contributed by atoms with Crippen molar-refractivity contribution in [3.63, 3.8) is 0 Å². The van der Waals surface area contributed by atoms with Crippen LogP contribution in [0.2, 0.25) is 0 Å². The first-order chi connectivity index (χ1) is 5.77. The molecule has 1 aromatic rings. The average molecular weight is 166 g/mol. The molecule has 1 rings (SSSR count). The van der Waals surface area contributed by atoms with Gasteiger partial charge in [0, 0.05) is 0 Å². The summed E-state index contributed by atoms with van der Waals surface area (Å²) in [6.45, 7) is 3.83. The lowest BCUT2D eigenvalue weighted by Gasteiger charge is -2.06. The molecule has 0 spiro atoms. The maximum atomic E-state index is 8.55. The fourth-order valence-electron chi connectivity index (χ4n) is 1.16. The van der Waals surface area contributed by atoms with Gasteiger partial charge in [-0.25, -0.2) is 0 Å². The molecule has 0 heterocycles. The monoisotopic (exact) mass is 166 g/mol. The first kappa shape index (κ1) is 9.07. The van der Waals surface area contributed by atoms with Crippen LogP contribution in [0, 0.1) is 6.92 Å². The van der Waals surface area contributed by atoms with Gasteiger partial charge in [-0.1, -0.05) is 19.1 Å². The maximum absolute atomic E-state index is 8.55. The van der Waals surface area contributed by atoms with Gasteiger partial charge in [0.25, 0.3) is 0 Å². The third kappa shape index (κ3) is 1.98. The van der Waals surface area contributed by atoms with Gasteiger partial charge >= 0.3 is 0 Å². The zero-order chi connectivity index (χ0) is 8.97. The third-order valence-electron chi connectivity index (χ3n) is 1.87. The Kier molecular flexibility index (Phi) is 3.11. The van der Waals surface area contributed by atoms with Crippen molar-refractivity contribution in [1.82, 2.24) is 0 Å². The van der Waals surface area contributed by atoms with Crippen molar-refractivity contribution in [3.05, 3.63) is 29.3 Å². The second-order valence-electron chi connectivity index (χ2n) is 2.73. The van der Waals surface area contributed by atoms with Gasteiger partial charge in [0.1, 0.15) is 5.75 Å². The molecule has 66 valence electrons. The van der Waals surface area contributed by atoms with Gasteiger partial charge in [0.15, 0.2) is 6.79 Å². The summed E-state index contributed by atoms with van der Waals surface area (Å²) in [7, 11) is 0. The molecule has 0 atom stereocenters. The van der Waals surface area contributed by atoms with Crippen LogP contribution in [0.3, 0.4) is 0 Å². The van der Waals surface area contributed by atoms with Gasteiger partial charge in [-0.3, -0.25) is 0 Å². The van der Waals surface area contributed by atoms with Crippen molar-refractivity contribution in [2.24, 2.45) is 0 Å². The molecule has 1 aromatic carbocycles. The van der Waals surface area contributed by atoms with Gasteiger partial charge in [-0.2, -0.15) is 0 Å². The topological polar surface area (TPSA) is 29.5 Å². The number of rotatable bonds is 3. The molecule has 0 saturated carbocycles. The van der Waals surface area contributed by atoms with Crippen LogP contribution in [0.15, 0.2) is 18.2 Å². The van der Waals surface area contributed by atoms with Crippen LogP contribution in [-0.4, -0.2) is 11.9 Å². The summed E-state index contributed by atoms with van der Waals surface area (Å²) in [5.41, 5.74) is 2.36. The lowest BCUT2D eigenvalue weighted by Crippen LogP contribution is -1.96. The van der Waals surface area contributed by atoms with E-state index in [0.717, 1.165) is 17.7 Å². The first-order valence-electron chi connectivity index (χ1n) is 4.11. The van der Waals surface area contributed by atoms with Crippen LogP contribution >= 0.6 is 0 Å². The molecule has 12 heavy (non-hydrogen) atoms. The predicted octanol–water partition coefficient (Wildman–Crippen LogP) is 1.89. The summed E-state index contributed by atoms with van der Waals surface area (Å²) in [5.74, 6) is 0.759. The van der Waals surface area contributed by atoms with E-state index < -0.39 is 0 Å². The fraction of sp³-hybridized carbons (Fsp3) is 0.400. The van der Waals surface area contributed by atoms with Crippen molar-refractivity contribution in [2.75, 3.05) is 6.79 Å². The number of hydrogen-bond acceptors (Lipinski definition) is 2. The Morgan fingerprint density at radius 3 is 2.67 bits per heavy atom. The van der Waals surface area contributed by atoms with E-state index in [9.17, 15) is 0 Å². The zero-order valence-electron chi connectivity index (χ0n) is 7.50. The number of aliphatic hydroxyl groups is 1. The van der Waals surface area contributed by atoms with Crippen LogP contribution in [0.1, 0.15) is 18.1 Å². The van der Waals surface area contributed by atoms with Crippen molar-refractivity contribution in [2.45, 2.75) is 20.3 Å². The molecule has 0 aliphatic rings. The van der Waals surface area contributed by atoms with Gasteiger partial charge in [-0.05, 0) is 30.5 Å². The Labute approximate surface area is 72.8 Å². The van der Waals surface area contributed by atoms with Crippen molar-refractivity contribution in [1.29, 1.82) is 0 Å². The number of aliphatic hydroxyl groups excluding tert-OH is 1. The molecule has 0 aliphatic carbocycles. The highest BCUT2D eigenvalue weighted by Gasteiger charge is 1.98. The summed E-state index contributed by atoms with van der Waals surface area (Å²) in [5, 5.41) is 8.55. The van der Waals surface area contributed by atoms with Gasteiger partial charge in [-0.15, -0.1) is 0 Å². The normalized spacial score (nSPS) is 9.92. The van der Waals surface area contributed by atoms with E-state index in [0.29, 0.717) is 0 Å². The number of ether oxygens (including phenoxy) is 1. The number of benzene rings is 1. The van der Waals surface area contributed by atoms with Crippen LogP contribution < -0.4 is 4.74 Å². The summed E-state index contributed by atoms with van der Waals surface area (Å²) in [4.78, 5) is 0. The Morgan fingerprint density at radius 1 is 1.42 bits per heavy atom. The largest absolute Gasteiger partial charge is 0.467 e. The Bertz CT molecular complexity index is 256. The SMILES string of the molecule is CCc1ccc(OCO)c(C)c1. The van der Waals surface area contributed by atoms with Gasteiger partial charge in [0.2, 0.25) is 0 Å². The molecule has 0 saturated heterocycles. The van der Waals surface area contributed by atoms with Gasteiger partial charge < -0.3 is 9.84 Å². The molecule has 1 N–H and O–H groups in total. The second kappa shape index (κ2) is 4.12. The molecule has 0 aliphatic heterocycles. The minimum absolute atomic E-state index is 0.258. The average Bonchev–Trinajstić information content (AvgIpc) is 2.09. The van der Waals surface area contributed by atoms with E-state index in [1.807, 2.05) is 19.1 Å². The molecule has 0 radical (unpaired) electrons. The minimum atomic E-state index is -0.258. The summed E-state index contributed by atoms with van der Waals surface area (Å²) >= 11 is 0. The second-order valence-corrected chi connectivity index (χ2v) is 2.73. The van der Waals surface area contributed by atoms with Crippen molar-refractivity contribution >= 4 is 0 Å². The Hall–Kier alpha value is -1.02. The standard InChI is InChI=1S/C10H14O2/c1-3-9-4-5-10(12-7-11)8(2)6-9/h4-6,11H,3,7H2,1-2H3. The minimum Gasteiger partial charge on any atom is -0.467 e. The van der Waals surface area contributed by atoms with E-state index in [2.05, 4.69) is 13.0 Å². The van der Waals surface area contributed by atoms with Crippen LogP contribution in [0.4, 0.5) is 0 Å². The molecular formula is C10H14O2. The van der Waals surface area contributed by atoms with E-state index in [1.165, 1.54) is 5.56 Å². The summed E-state index contributed by atoms with van der Waals surface area (Å²) in [6.07, 6.45) is 1.03. The molecule has 0 bridgehead atoms. The molecule has 0 aromatic heterocycles.